The third-order valence-corrected chi connectivity index (χ3v) is 4.15. The highest BCUT2D eigenvalue weighted by Gasteiger charge is 2.38. The van der Waals surface area contributed by atoms with Crippen LogP contribution < -0.4 is 4.90 Å². The number of hydrogen-bond acceptors (Lipinski definition) is 3. The molecule has 4 nitrogen and oxygen atoms in total. The van der Waals surface area contributed by atoms with E-state index in [2.05, 4.69) is 17.0 Å². The van der Waals surface area contributed by atoms with Crippen molar-refractivity contribution in [2.45, 2.75) is 18.9 Å². The molecule has 1 aromatic carbocycles. The van der Waals surface area contributed by atoms with E-state index in [9.17, 15) is 4.79 Å². The van der Waals surface area contributed by atoms with Gasteiger partial charge in [-0.15, -0.1) is 0 Å². The molecule has 1 atom stereocenters. The van der Waals surface area contributed by atoms with E-state index in [4.69, 9.17) is 5.11 Å². The molecule has 1 amide bonds. The molecule has 0 spiro atoms. The van der Waals surface area contributed by atoms with Gasteiger partial charge >= 0.3 is 0 Å². The number of likely N-dealkylation sites (tertiary alicyclic amines) is 1. The summed E-state index contributed by atoms with van der Waals surface area (Å²) >= 11 is 0. The van der Waals surface area contributed by atoms with E-state index in [1.54, 1.807) is 0 Å². The number of aliphatic hydroxyl groups excluding tert-OH is 1. The van der Waals surface area contributed by atoms with Crippen LogP contribution in [0.4, 0.5) is 5.69 Å². The van der Waals surface area contributed by atoms with Crippen LogP contribution in [-0.4, -0.2) is 48.2 Å². The van der Waals surface area contributed by atoms with Crippen LogP contribution in [0.2, 0.25) is 0 Å². The lowest BCUT2D eigenvalue weighted by Gasteiger charge is -2.41. The lowest BCUT2D eigenvalue weighted by atomic mass is 9.99. The normalized spacial score (nSPS) is 23.5. The van der Waals surface area contributed by atoms with Gasteiger partial charge in [0.25, 0.3) is 0 Å². The average Bonchev–Trinajstić information content (AvgIpc) is 2.87. The molecule has 102 valence electrons. The Morgan fingerprint density at radius 2 is 2.00 bits per heavy atom. The first-order valence-electron chi connectivity index (χ1n) is 7.01. The maximum atomic E-state index is 12.5. The van der Waals surface area contributed by atoms with E-state index in [1.165, 1.54) is 0 Å². The molecule has 0 aromatic heterocycles. The Balaban J connectivity index is 1.68. The Hall–Kier alpha value is -1.55. The Morgan fingerprint density at radius 1 is 1.26 bits per heavy atom. The van der Waals surface area contributed by atoms with E-state index in [-0.39, 0.29) is 24.5 Å². The number of hydrogen-bond donors (Lipinski definition) is 1. The number of benzene rings is 1. The van der Waals surface area contributed by atoms with Gasteiger partial charge in [-0.05, 0) is 25.0 Å². The summed E-state index contributed by atoms with van der Waals surface area (Å²) in [6, 6.07) is 10.2. The number of carbonyl (C=O) groups excluding carboxylic acids is 1. The van der Waals surface area contributed by atoms with Crippen molar-refractivity contribution in [3.05, 3.63) is 30.3 Å². The highest BCUT2D eigenvalue weighted by Crippen LogP contribution is 2.28. The number of aliphatic hydroxyl groups is 1. The summed E-state index contributed by atoms with van der Waals surface area (Å²) in [5, 5.41) is 9.03. The summed E-state index contributed by atoms with van der Waals surface area (Å²) in [4.78, 5) is 16.6. The molecule has 2 heterocycles. The van der Waals surface area contributed by atoms with Crippen LogP contribution in [0.15, 0.2) is 30.3 Å². The molecule has 3 rings (SSSR count). The van der Waals surface area contributed by atoms with Gasteiger partial charge in [0, 0.05) is 37.8 Å². The first-order chi connectivity index (χ1) is 9.29. The topological polar surface area (TPSA) is 43.8 Å². The van der Waals surface area contributed by atoms with Crippen molar-refractivity contribution < 1.29 is 9.90 Å². The van der Waals surface area contributed by atoms with Gasteiger partial charge in [0.05, 0.1) is 0 Å². The molecule has 2 aliphatic heterocycles. The lowest BCUT2D eigenvalue weighted by Crippen LogP contribution is -2.56. The van der Waals surface area contributed by atoms with Crippen molar-refractivity contribution in [2.24, 2.45) is 5.92 Å². The second-order valence-corrected chi connectivity index (χ2v) is 5.48. The van der Waals surface area contributed by atoms with Crippen molar-refractivity contribution in [1.29, 1.82) is 0 Å². The molecule has 0 aliphatic carbocycles. The Bertz CT molecular complexity index is 443. The van der Waals surface area contributed by atoms with Crippen LogP contribution in [0.1, 0.15) is 12.8 Å². The van der Waals surface area contributed by atoms with Gasteiger partial charge < -0.3 is 14.9 Å². The van der Waals surface area contributed by atoms with Crippen LogP contribution in [0.3, 0.4) is 0 Å². The summed E-state index contributed by atoms with van der Waals surface area (Å²) in [5.41, 5.74) is 1.14. The molecule has 1 aromatic rings. The summed E-state index contributed by atoms with van der Waals surface area (Å²) in [6.45, 7) is 2.58. The average molecular weight is 260 g/mol. The van der Waals surface area contributed by atoms with Gasteiger partial charge in [-0.1, -0.05) is 18.2 Å². The fraction of sp³-hybridized carbons (Fsp3) is 0.533. The zero-order chi connectivity index (χ0) is 13.2. The van der Waals surface area contributed by atoms with Crippen molar-refractivity contribution in [1.82, 2.24) is 4.90 Å². The summed E-state index contributed by atoms with van der Waals surface area (Å²) in [7, 11) is 0. The van der Waals surface area contributed by atoms with Crippen LogP contribution in [0.5, 0.6) is 0 Å². The standard InChI is InChI=1S/C15H20N2O2/c18-11-12-9-16(10-12)15(19)14-7-4-8-17(14)13-5-2-1-3-6-13/h1-3,5-6,12,14,18H,4,7-11H2. The fourth-order valence-electron chi connectivity index (χ4n) is 3.03. The largest absolute Gasteiger partial charge is 0.396 e. The summed E-state index contributed by atoms with van der Waals surface area (Å²) in [6.07, 6.45) is 2.01. The van der Waals surface area contributed by atoms with Crippen LogP contribution in [0.25, 0.3) is 0 Å². The van der Waals surface area contributed by atoms with Gasteiger partial charge in [0.1, 0.15) is 6.04 Å². The number of amides is 1. The zero-order valence-electron chi connectivity index (χ0n) is 11.0. The molecule has 2 aliphatic rings. The number of rotatable bonds is 3. The quantitative estimate of drug-likeness (QED) is 0.885. The molecule has 1 unspecified atom stereocenters. The molecular formula is C15H20N2O2. The van der Waals surface area contributed by atoms with E-state index >= 15 is 0 Å². The molecular weight excluding hydrogens is 240 g/mol. The van der Waals surface area contributed by atoms with Gasteiger partial charge in [-0.25, -0.2) is 0 Å². The van der Waals surface area contributed by atoms with Gasteiger partial charge in [-0.2, -0.15) is 0 Å². The summed E-state index contributed by atoms with van der Waals surface area (Å²) in [5.74, 6) is 0.515. The lowest BCUT2D eigenvalue weighted by molar-refractivity contribution is -0.139. The smallest absolute Gasteiger partial charge is 0.245 e. The number of carbonyl (C=O) groups is 1. The molecule has 0 radical (unpaired) electrons. The van der Waals surface area contributed by atoms with E-state index in [0.29, 0.717) is 13.1 Å². The highest BCUT2D eigenvalue weighted by molar-refractivity contribution is 5.86. The first-order valence-corrected chi connectivity index (χ1v) is 7.01. The van der Waals surface area contributed by atoms with Crippen LogP contribution >= 0.6 is 0 Å². The third-order valence-electron chi connectivity index (χ3n) is 4.15. The zero-order valence-corrected chi connectivity index (χ0v) is 11.0. The van der Waals surface area contributed by atoms with Gasteiger partial charge in [0.15, 0.2) is 0 Å². The van der Waals surface area contributed by atoms with Crippen molar-refractivity contribution >= 4 is 11.6 Å². The fourth-order valence-corrected chi connectivity index (χ4v) is 3.03. The van der Waals surface area contributed by atoms with Crippen LogP contribution in [0, 0.1) is 5.92 Å². The third kappa shape index (κ3) is 2.32. The minimum absolute atomic E-state index is 0.0120. The molecule has 1 N–H and O–H groups in total. The second-order valence-electron chi connectivity index (χ2n) is 5.48. The Kier molecular flexibility index (Phi) is 3.42. The highest BCUT2D eigenvalue weighted by atomic mass is 16.3. The monoisotopic (exact) mass is 260 g/mol. The Morgan fingerprint density at radius 3 is 2.68 bits per heavy atom. The molecule has 0 saturated carbocycles. The molecule has 2 saturated heterocycles. The summed E-state index contributed by atoms with van der Waals surface area (Å²) < 4.78 is 0. The predicted molar refractivity (Wildman–Crippen MR) is 74.0 cm³/mol. The van der Waals surface area contributed by atoms with Gasteiger partial charge in [0.2, 0.25) is 5.91 Å². The Labute approximate surface area is 113 Å². The molecule has 19 heavy (non-hydrogen) atoms. The number of anilines is 1. The van der Waals surface area contributed by atoms with E-state index in [1.807, 2.05) is 23.1 Å². The second kappa shape index (κ2) is 5.21. The van der Waals surface area contributed by atoms with Crippen LogP contribution in [-0.2, 0) is 4.79 Å². The first kappa shape index (κ1) is 12.5. The number of para-hydroxylation sites is 1. The van der Waals surface area contributed by atoms with Crippen molar-refractivity contribution in [3.63, 3.8) is 0 Å². The van der Waals surface area contributed by atoms with Crippen molar-refractivity contribution in [3.8, 4) is 0 Å². The minimum Gasteiger partial charge on any atom is -0.396 e. The molecule has 2 fully saturated rings. The van der Waals surface area contributed by atoms with Gasteiger partial charge in [-0.3, -0.25) is 4.79 Å². The maximum Gasteiger partial charge on any atom is 0.245 e. The molecule has 0 bridgehead atoms. The maximum absolute atomic E-state index is 12.5. The molecule has 4 heteroatoms. The number of nitrogens with zero attached hydrogens (tertiary/aromatic N) is 2. The van der Waals surface area contributed by atoms with Crippen molar-refractivity contribution in [2.75, 3.05) is 31.1 Å². The van der Waals surface area contributed by atoms with E-state index in [0.717, 1.165) is 25.1 Å². The minimum atomic E-state index is -0.0120. The SMILES string of the molecule is O=C(C1CCCN1c1ccccc1)N1CC(CO)C1. The van der Waals surface area contributed by atoms with E-state index < -0.39 is 0 Å². The predicted octanol–water partition coefficient (Wildman–Crippen LogP) is 1.11.